The first-order valence-electron chi connectivity index (χ1n) is 8.40. The van der Waals surface area contributed by atoms with Crippen LogP contribution >= 0.6 is 0 Å². The third kappa shape index (κ3) is 5.49. The summed E-state index contributed by atoms with van der Waals surface area (Å²) in [7, 11) is 0. The summed E-state index contributed by atoms with van der Waals surface area (Å²) in [5, 5.41) is 2.72. The van der Waals surface area contributed by atoms with Crippen LogP contribution < -0.4 is 5.32 Å². The second-order valence-electron chi connectivity index (χ2n) is 6.53. The van der Waals surface area contributed by atoms with Crippen molar-refractivity contribution in [2.24, 2.45) is 5.92 Å². The zero-order valence-corrected chi connectivity index (χ0v) is 14.6. The number of hydrogen-bond donors (Lipinski definition) is 1. The number of hydrogen-bond acceptors (Lipinski definition) is 3. The number of nitrogens with one attached hydrogen (secondary N) is 1. The zero-order valence-electron chi connectivity index (χ0n) is 14.6. The number of morpholine rings is 1. The average Bonchev–Trinajstić information content (AvgIpc) is 2.53. The lowest BCUT2D eigenvalue weighted by Crippen LogP contribution is -2.48. The maximum Gasteiger partial charge on any atom is 0.246 e. The molecule has 1 heterocycles. The number of carbonyl (C=O) groups excluding carboxylic acids is 2. The number of anilines is 1. The van der Waals surface area contributed by atoms with E-state index in [0.717, 1.165) is 17.7 Å². The van der Waals surface area contributed by atoms with Gasteiger partial charge in [-0.05, 0) is 36.1 Å². The van der Waals surface area contributed by atoms with Gasteiger partial charge in [-0.15, -0.1) is 0 Å². The molecule has 1 aliphatic rings. The maximum absolute atomic E-state index is 12.5. The zero-order chi connectivity index (χ0) is 17.5. The van der Waals surface area contributed by atoms with Crippen LogP contribution in [0.4, 0.5) is 5.69 Å². The number of nitrogens with zero attached hydrogens (tertiary/aromatic N) is 1. The van der Waals surface area contributed by atoms with Gasteiger partial charge in [0.25, 0.3) is 0 Å². The first-order chi connectivity index (χ1) is 11.5. The van der Waals surface area contributed by atoms with Crippen LogP contribution in [-0.4, -0.2) is 42.5 Å². The van der Waals surface area contributed by atoms with Crippen molar-refractivity contribution in [3.05, 3.63) is 35.9 Å². The van der Waals surface area contributed by atoms with Gasteiger partial charge in [0.1, 0.15) is 0 Å². The molecule has 1 saturated heterocycles. The van der Waals surface area contributed by atoms with Crippen molar-refractivity contribution in [1.82, 2.24) is 4.90 Å². The lowest BCUT2D eigenvalue weighted by Gasteiger charge is -2.36. The number of rotatable bonds is 5. The molecule has 1 atom stereocenters. The first kappa shape index (κ1) is 18.2. The minimum Gasteiger partial charge on any atom is -0.377 e. The van der Waals surface area contributed by atoms with E-state index < -0.39 is 0 Å². The fourth-order valence-corrected chi connectivity index (χ4v) is 2.83. The second-order valence-corrected chi connectivity index (χ2v) is 6.53. The lowest BCUT2D eigenvalue weighted by atomic mass is 10.0. The molecule has 2 rings (SSSR count). The summed E-state index contributed by atoms with van der Waals surface area (Å²) in [4.78, 5) is 25.4. The molecule has 130 valence electrons. The second kappa shape index (κ2) is 8.64. The van der Waals surface area contributed by atoms with Gasteiger partial charge in [0.15, 0.2) is 0 Å². The van der Waals surface area contributed by atoms with E-state index in [1.165, 1.54) is 6.92 Å². The molecule has 0 spiro atoms. The van der Waals surface area contributed by atoms with E-state index in [2.05, 4.69) is 19.2 Å². The van der Waals surface area contributed by atoms with Crippen molar-refractivity contribution in [3.63, 3.8) is 0 Å². The number of ether oxygens (including phenoxy) is 1. The normalized spacial score (nSPS) is 18.2. The van der Waals surface area contributed by atoms with Gasteiger partial charge in [-0.25, -0.2) is 0 Å². The van der Waals surface area contributed by atoms with Gasteiger partial charge in [-0.2, -0.15) is 0 Å². The predicted molar refractivity (Wildman–Crippen MR) is 95.6 cm³/mol. The molecule has 5 nitrogen and oxygen atoms in total. The molecule has 0 radical (unpaired) electrons. The molecule has 5 heteroatoms. The summed E-state index contributed by atoms with van der Waals surface area (Å²) in [5.41, 5.74) is 1.67. The molecule has 0 aromatic heterocycles. The molecular formula is C19H26N2O3. The van der Waals surface area contributed by atoms with E-state index in [9.17, 15) is 9.59 Å². The van der Waals surface area contributed by atoms with E-state index in [-0.39, 0.29) is 17.9 Å². The molecule has 0 bridgehead atoms. The van der Waals surface area contributed by atoms with Crippen LogP contribution in [0.3, 0.4) is 0 Å². The topological polar surface area (TPSA) is 58.6 Å². The Balaban J connectivity index is 1.99. The highest BCUT2D eigenvalue weighted by Crippen LogP contribution is 2.17. The molecule has 0 unspecified atom stereocenters. The van der Waals surface area contributed by atoms with Gasteiger partial charge in [-0.3, -0.25) is 9.59 Å². The highest BCUT2D eigenvalue weighted by atomic mass is 16.5. The lowest BCUT2D eigenvalue weighted by molar-refractivity contribution is -0.135. The van der Waals surface area contributed by atoms with Crippen LogP contribution in [0, 0.1) is 5.92 Å². The number of carbonyl (C=O) groups is 2. The van der Waals surface area contributed by atoms with E-state index in [1.54, 1.807) is 6.08 Å². The smallest absolute Gasteiger partial charge is 0.246 e. The van der Waals surface area contributed by atoms with Crippen molar-refractivity contribution in [2.45, 2.75) is 33.2 Å². The third-order valence-electron chi connectivity index (χ3n) is 3.90. The van der Waals surface area contributed by atoms with Crippen molar-refractivity contribution >= 4 is 23.6 Å². The molecular weight excluding hydrogens is 304 g/mol. The molecule has 1 aromatic carbocycles. The summed E-state index contributed by atoms with van der Waals surface area (Å²) < 4.78 is 5.52. The Morgan fingerprint density at radius 3 is 2.67 bits per heavy atom. The Bertz CT molecular complexity index is 593. The summed E-state index contributed by atoms with van der Waals surface area (Å²) >= 11 is 0. The molecule has 1 fully saturated rings. The number of amides is 2. The van der Waals surface area contributed by atoms with Crippen molar-refractivity contribution in [2.75, 3.05) is 25.1 Å². The van der Waals surface area contributed by atoms with E-state index in [4.69, 9.17) is 4.74 Å². The fraction of sp³-hybridized carbons (Fsp3) is 0.474. The Hall–Kier alpha value is -2.14. The molecule has 1 N–H and O–H groups in total. The Morgan fingerprint density at radius 1 is 1.33 bits per heavy atom. The largest absolute Gasteiger partial charge is 0.377 e. The Kier molecular flexibility index (Phi) is 6.55. The maximum atomic E-state index is 12.5. The van der Waals surface area contributed by atoms with Crippen LogP contribution in [0.5, 0.6) is 0 Å². The SMILES string of the molecule is CC(=O)Nc1ccc(/C=C/C(=O)N2CCOC[C@H]2CC(C)C)cc1. The predicted octanol–water partition coefficient (Wildman–Crippen LogP) is 2.93. The average molecular weight is 330 g/mol. The highest BCUT2D eigenvalue weighted by molar-refractivity contribution is 5.92. The van der Waals surface area contributed by atoms with Crippen LogP contribution in [0.25, 0.3) is 6.08 Å². The van der Waals surface area contributed by atoms with Gasteiger partial charge in [0.2, 0.25) is 11.8 Å². The number of benzene rings is 1. The summed E-state index contributed by atoms with van der Waals surface area (Å²) in [6, 6.07) is 7.54. The van der Waals surface area contributed by atoms with Gasteiger partial charge in [0.05, 0.1) is 19.3 Å². The Labute approximate surface area is 143 Å². The molecule has 0 aliphatic carbocycles. The van der Waals surface area contributed by atoms with Crippen molar-refractivity contribution in [3.8, 4) is 0 Å². The molecule has 0 saturated carbocycles. The summed E-state index contributed by atoms with van der Waals surface area (Å²) in [6.07, 6.45) is 4.37. The van der Waals surface area contributed by atoms with Gasteiger partial charge < -0.3 is 15.0 Å². The molecule has 2 amide bonds. The van der Waals surface area contributed by atoms with Gasteiger partial charge in [-0.1, -0.05) is 26.0 Å². The van der Waals surface area contributed by atoms with Crippen molar-refractivity contribution < 1.29 is 14.3 Å². The van der Waals surface area contributed by atoms with Crippen LogP contribution in [0.2, 0.25) is 0 Å². The highest BCUT2D eigenvalue weighted by Gasteiger charge is 2.26. The van der Waals surface area contributed by atoms with E-state index in [1.807, 2.05) is 35.2 Å². The minimum absolute atomic E-state index is 0.0230. The summed E-state index contributed by atoms with van der Waals surface area (Å²) in [5.74, 6) is 0.448. The van der Waals surface area contributed by atoms with E-state index >= 15 is 0 Å². The molecule has 1 aliphatic heterocycles. The monoisotopic (exact) mass is 330 g/mol. The molecule has 1 aromatic rings. The van der Waals surface area contributed by atoms with Crippen molar-refractivity contribution in [1.29, 1.82) is 0 Å². The quantitative estimate of drug-likeness (QED) is 0.845. The van der Waals surface area contributed by atoms with Gasteiger partial charge in [0, 0.05) is 25.2 Å². The van der Waals surface area contributed by atoms with Crippen LogP contribution in [0.15, 0.2) is 30.3 Å². The first-order valence-corrected chi connectivity index (χ1v) is 8.40. The minimum atomic E-state index is -0.100. The standard InChI is InChI=1S/C19H26N2O3/c1-14(2)12-18-13-24-11-10-21(18)19(23)9-6-16-4-7-17(8-5-16)20-15(3)22/h4-9,14,18H,10-13H2,1-3H3,(H,20,22)/b9-6+/t18-/m1/s1. The molecule has 24 heavy (non-hydrogen) atoms. The van der Waals surface area contributed by atoms with Gasteiger partial charge >= 0.3 is 0 Å². The van der Waals surface area contributed by atoms with E-state index in [0.29, 0.717) is 25.7 Å². The third-order valence-corrected chi connectivity index (χ3v) is 3.90. The van der Waals surface area contributed by atoms with Crippen LogP contribution in [0.1, 0.15) is 32.8 Å². The fourth-order valence-electron chi connectivity index (χ4n) is 2.83. The van der Waals surface area contributed by atoms with Crippen LogP contribution in [-0.2, 0) is 14.3 Å². The summed E-state index contributed by atoms with van der Waals surface area (Å²) in [6.45, 7) is 7.64. The Morgan fingerprint density at radius 2 is 2.04 bits per heavy atom.